The van der Waals surface area contributed by atoms with E-state index < -0.39 is 17.7 Å². The van der Waals surface area contributed by atoms with E-state index in [0.717, 1.165) is 0 Å². The first kappa shape index (κ1) is 11.2. The van der Waals surface area contributed by atoms with E-state index in [0.29, 0.717) is 5.75 Å². The highest BCUT2D eigenvalue weighted by atomic mass is 79.9. The zero-order valence-electron chi connectivity index (χ0n) is 8.29. The standard InChI is InChI=1S/C10H8BrFO4/c1-4(10(13)14)7-8(12)5(11)2-6-9(7)16-3-15-6/h2,4H,3H2,1H3,(H,13,14). The van der Waals surface area contributed by atoms with Crippen molar-refractivity contribution >= 4 is 21.9 Å². The number of benzene rings is 1. The molecule has 1 aliphatic heterocycles. The van der Waals surface area contributed by atoms with Crippen molar-refractivity contribution in [1.29, 1.82) is 0 Å². The molecule has 0 spiro atoms. The number of carbonyl (C=O) groups is 1. The second kappa shape index (κ2) is 3.93. The van der Waals surface area contributed by atoms with Crippen LogP contribution in [0.1, 0.15) is 18.4 Å². The van der Waals surface area contributed by atoms with Gasteiger partial charge in [-0.05, 0) is 22.9 Å². The van der Waals surface area contributed by atoms with Crippen LogP contribution in [0, 0.1) is 5.82 Å². The van der Waals surface area contributed by atoms with Crippen LogP contribution < -0.4 is 9.47 Å². The smallest absolute Gasteiger partial charge is 0.310 e. The lowest BCUT2D eigenvalue weighted by molar-refractivity contribution is -0.138. The summed E-state index contributed by atoms with van der Waals surface area (Å²) in [6.07, 6.45) is 0. The summed E-state index contributed by atoms with van der Waals surface area (Å²) in [4.78, 5) is 10.9. The molecule has 0 aromatic heterocycles. The summed E-state index contributed by atoms with van der Waals surface area (Å²) in [5, 5.41) is 8.90. The number of halogens is 2. The quantitative estimate of drug-likeness (QED) is 0.909. The van der Waals surface area contributed by atoms with Crippen LogP contribution >= 0.6 is 15.9 Å². The molecule has 1 unspecified atom stereocenters. The van der Waals surface area contributed by atoms with Gasteiger partial charge in [0.2, 0.25) is 6.79 Å². The molecule has 0 radical (unpaired) electrons. The van der Waals surface area contributed by atoms with E-state index in [1.807, 2.05) is 0 Å². The minimum Gasteiger partial charge on any atom is -0.481 e. The van der Waals surface area contributed by atoms with Gasteiger partial charge in [0.25, 0.3) is 0 Å². The van der Waals surface area contributed by atoms with Crippen LogP contribution in [0.5, 0.6) is 11.5 Å². The maximum absolute atomic E-state index is 13.8. The van der Waals surface area contributed by atoms with Gasteiger partial charge in [0.1, 0.15) is 5.82 Å². The molecule has 0 fully saturated rings. The Hall–Kier alpha value is -1.30. The molecule has 1 N–H and O–H groups in total. The second-order valence-corrected chi connectivity index (χ2v) is 4.23. The van der Waals surface area contributed by atoms with E-state index in [1.54, 1.807) is 0 Å². The van der Waals surface area contributed by atoms with E-state index in [1.165, 1.54) is 13.0 Å². The zero-order valence-corrected chi connectivity index (χ0v) is 9.88. The van der Waals surface area contributed by atoms with Crippen LogP contribution in [0.15, 0.2) is 10.5 Å². The number of carboxylic acids is 1. The Morgan fingerprint density at radius 1 is 1.62 bits per heavy atom. The van der Waals surface area contributed by atoms with Gasteiger partial charge in [0, 0.05) is 11.6 Å². The normalized spacial score (nSPS) is 14.9. The Labute approximate surface area is 99.1 Å². The van der Waals surface area contributed by atoms with Crippen molar-refractivity contribution in [3.63, 3.8) is 0 Å². The Morgan fingerprint density at radius 2 is 2.31 bits per heavy atom. The third-order valence-electron chi connectivity index (χ3n) is 2.39. The monoisotopic (exact) mass is 290 g/mol. The molecule has 4 nitrogen and oxygen atoms in total. The maximum atomic E-state index is 13.8. The molecule has 6 heteroatoms. The van der Waals surface area contributed by atoms with Crippen LogP contribution in [-0.4, -0.2) is 17.9 Å². The van der Waals surface area contributed by atoms with Gasteiger partial charge in [-0.25, -0.2) is 4.39 Å². The number of hydrogen-bond donors (Lipinski definition) is 1. The fourth-order valence-corrected chi connectivity index (χ4v) is 1.94. The SMILES string of the molecule is CC(C(=O)O)c1c(F)c(Br)cc2c1OCO2. The van der Waals surface area contributed by atoms with Crippen molar-refractivity contribution < 1.29 is 23.8 Å². The fourth-order valence-electron chi connectivity index (χ4n) is 1.52. The molecular weight excluding hydrogens is 283 g/mol. The lowest BCUT2D eigenvalue weighted by Gasteiger charge is -2.12. The van der Waals surface area contributed by atoms with Crippen LogP contribution in [0.25, 0.3) is 0 Å². The molecule has 0 aliphatic carbocycles. The first-order valence-electron chi connectivity index (χ1n) is 4.52. The molecule has 0 saturated carbocycles. The average molecular weight is 291 g/mol. The molecule has 1 aromatic carbocycles. The topological polar surface area (TPSA) is 55.8 Å². The van der Waals surface area contributed by atoms with Gasteiger partial charge in [-0.3, -0.25) is 4.79 Å². The van der Waals surface area contributed by atoms with Gasteiger partial charge in [-0.1, -0.05) is 0 Å². The molecule has 1 aliphatic rings. The first-order chi connectivity index (χ1) is 7.52. The molecule has 16 heavy (non-hydrogen) atoms. The van der Waals surface area contributed by atoms with E-state index in [-0.39, 0.29) is 22.6 Å². The first-order valence-corrected chi connectivity index (χ1v) is 5.32. The Balaban J connectivity index is 2.63. The van der Waals surface area contributed by atoms with E-state index >= 15 is 0 Å². The van der Waals surface area contributed by atoms with Crippen molar-refractivity contribution in [2.24, 2.45) is 0 Å². The average Bonchev–Trinajstić information content (AvgIpc) is 2.66. The molecule has 86 valence electrons. The summed E-state index contributed by atoms with van der Waals surface area (Å²) in [6, 6.07) is 1.43. The van der Waals surface area contributed by atoms with Crippen molar-refractivity contribution in [3.05, 3.63) is 21.9 Å². The third kappa shape index (κ3) is 1.63. The van der Waals surface area contributed by atoms with Crippen LogP contribution in [0.3, 0.4) is 0 Å². The highest BCUT2D eigenvalue weighted by molar-refractivity contribution is 9.10. The Bertz CT molecular complexity index is 461. The molecule has 2 rings (SSSR count). The number of fused-ring (bicyclic) bond motifs is 1. The lowest BCUT2D eigenvalue weighted by Crippen LogP contribution is -2.10. The Kier molecular flexibility index (Phi) is 2.75. The minimum absolute atomic E-state index is 0.00868. The van der Waals surface area contributed by atoms with Gasteiger partial charge in [0.15, 0.2) is 11.5 Å². The molecule has 0 amide bonds. The van der Waals surface area contributed by atoms with Crippen LogP contribution in [-0.2, 0) is 4.79 Å². The van der Waals surface area contributed by atoms with Crippen molar-refractivity contribution in [3.8, 4) is 11.5 Å². The van der Waals surface area contributed by atoms with Crippen molar-refractivity contribution in [1.82, 2.24) is 0 Å². The molecule has 0 saturated heterocycles. The van der Waals surface area contributed by atoms with Crippen molar-refractivity contribution in [2.75, 3.05) is 6.79 Å². The van der Waals surface area contributed by atoms with Crippen LogP contribution in [0.2, 0.25) is 0 Å². The second-order valence-electron chi connectivity index (χ2n) is 3.38. The van der Waals surface area contributed by atoms with Crippen LogP contribution in [0.4, 0.5) is 4.39 Å². The number of hydrogen-bond acceptors (Lipinski definition) is 3. The largest absolute Gasteiger partial charge is 0.481 e. The maximum Gasteiger partial charge on any atom is 0.310 e. The third-order valence-corrected chi connectivity index (χ3v) is 2.97. The lowest BCUT2D eigenvalue weighted by atomic mass is 9.99. The van der Waals surface area contributed by atoms with Gasteiger partial charge < -0.3 is 14.6 Å². The summed E-state index contributed by atoms with van der Waals surface area (Å²) in [5.74, 6) is -2.20. The van der Waals surface area contributed by atoms with Gasteiger partial charge in [-0.15, -0.1) is 0 Å². The number of ether oxygens (including phenoxy) is 2. The molecular formula is C10H8BrFO4. The van der Waals surface area contributed by atoms with Crippen molar-refractivity contribution in [2.45, 2.75) is 12.8 Å². The predicted octanol–water partition coefficient (Wildman–Crippen LogP) is 2.50. The number of aliphatic carboxylic acids is 1. The van der Waals surface area contributed by atoms with Gasteiger partial charge in [-0.2, -0.15) is 0 Å². The summed E-state index contributed by atoms with van der Waals surface area (Å²) in [5.41, 5.74) is 0.00868. The molecule has 0 bridgehead atoms. The summed E-state index contributed by atoms with van der Waals surface area (Å²) in [7, 11) is 0. The fraction of sp³-hybridized carbons (Fsp3) is 0.300. The van der Waals surface area contributed by atoms with Gasteiger partial charge >= 0.3 is 5.97 Å². The molecule has 1 atom stereocenters. The van der Waals surface area contributed by atoms with E-state index in [9.17, 15) is 9.18 Å². The summed E-state index contributed by atoms with van der Waals surface area (Å²) in [6.45, 7) is 1.37. The molecule has 1 aromatic rings. The Morgan fingerprint density at radius 3 is 2.94 bits per heavy atom. The molecule has 1 heterocycles. The summed E-state index contributed by atoms with van der Waals surface area (Å²) < 4.78 is 24.2. The van der Waals surface area contributed by atoms with E-state index in [4.69, 9.17) is 14.6 Å². The highest BCUT2D eigenvalue weighted by Crippen LogP contribution is 2.43. The minimum atomic E-state index is -1.12. The van der Waals surface area contributed by atoms with Gasteiger partial charge in [0.05, 0.1) is 10.4 Å². The number of rotatable bonds is 2. The zero-order chi connectivity index (χ0) is 11.9. The number of carboxylic acid groups (broad SMARTS) is 1. The van der Waals surface area contributed by atoms with E-state index in [2.05, 4.69) is 15.9 Å². The predicted molar refractivity (Wildman–Crippen MR) is 56.3 cm³/mol. The highest BCUT2D eigenvalue weighted by Gasteiger charge is 2.30. The summed E-state index contributed by atoms with van der Waals surface area (Å²) >= 11 is 3.01.